The monoisotopic (exact) mass is 304 g/mol. The van der Waals surface area contributed by atoms with Crippen LogP contribution in [0.5, 0.6) is 0 Å². The molecule has 0 aliphatic heterocycles. The van der Waals surface area contributed by atoms with Gasteiger partial charge in [0.05, 0.1) is 4.90 Å². The first-order chi connectivity index (χ1) is 9.97. The van der Waals surface area contributed by atoms with Crippen LogP contribution in [0.15, 0.2) is 59.5 Å². The summed E-state index contributed by atoms with van der Waals surface area (Å²) < 4.78 is 27.1. The van der Waals surface area contributed by atoms with Crippen molar-refractivity contribution >= 4 is 15.7 Å². The van der Waals surface area contributed by atoms with Crippen molar-refractivity contribution in [2.24, 2.45) is 0 Å². The van der Waals surface area contributed by atoms with Crippen molar-refractivity contribution in [2.75, 3.05) is 11.9 Å². The van der Waals surface area contributed by atoms with Gasteiger partial charge < -0.3 is 5.32 Å². The number of hydrogen-bond donors (Lipinski definition) is 2. The van der Waals surface area contributed by atoms with Crippen LogP contribution in [0.4, 0.5) is 5.69 Å². The maximum atomic E-state index is 12.2. The van der Waals surface area contributed by atoms with Gasteiger partial charge in [-0.05, 0) is 38.1 Å². The zero-order chi connectivity index (χ0) is 15.3. The third-order valence-electron chi connectivity index (χ3n) is 3.07. The molecule has 0 saturated carbocycles. The average molecular weight is 304 g/mol. The third kappa shape index (κ3) is 4.58. The van der Waals surface area contributed by atoms with Crippen LogP contribution in [0.25, 0.3) is 0 Å². The second-order valence-corrected chi connectivity index (χ2v) is 6.80. The number of benzene rings is 2. The van der Waals surface area contributed by atoms with E-state index in [0.29, 0.717) is 11.4 Å². The van der Waals surface area contributed by atoms with Gasteiger partial charge in [0.1, 0.15) is 0 Å². The van der Waals surface area contributed by atoms with E-state index in [4.69, 9.17) is 0 Å². The molecule has 0 saturated heterocycles. The molecule has 0 heterocycles. The van der Waals surface area contributed by atoms with E-state index in [1.807, 2.05) is 44.2 Å². The molecule has 5 heteroatoms. The zero-order valence-corrected chi connectivity index (χ0v) is 13.0. The minimum atomic E-state index is -3.47. The molecular formula is C16H20N2O2S. The van der Waals surface area contributed by atoms with E-state index in [2.05, 4.69) is 10.0 Å². The van der Waals surface area contributed by atoms with Crippen molar-refractivity contribution in [3.8, 4) is 0 Å². The van der Waals surface area contributed by atoms with Gasteiger partial charge in [0, 0.05) is 18.3 Å². The van der Waals surface area contributed by atoms with Crippen LogP contribution in [0.3, 0.4) is 0 Å². The van der Waals surface area contributed by atoms with E-state index in [9.17, 15) is 8.42 Å². The number of aryl methyl sites for hydroxylation is 1. The summed E-state index contributed by atoms with van der Waals surface area (Å²) in [6, 6.07) is 16.3. The Labute approximate surface area is 126 Å². The Balaban J connectivity index is 1.95. The first kappa shape index (κ1) is 15.5. The number of hydrogen-bond acceptors (Lipinski definition) is 3. The van der Waals surface area contributed by atoms with Crippen molar-refractivity contribution < 1.29 is 8.42 Å². The number of rotatable bonds is 6. The average Bonchev–Trinajstić information content (AvgIpc) is 2.46. The second kappa shape index (κ2) is 6.74. The first-order valence-corrected chi connectivity index (χ1v) is 8.33. The van der Waals surface area contributed by atoms with Gasteiger partial charge in [0.2, 0.25) is 10.0 Å². The summed E-state index contributed by atoms with van der Waals surface area (Å²) in [5.41, 5.74) is 2.01. The summed E-state index contributed by atoms with van der Waals surface area (Å²) in [6.07, 6.45) is 0. The lowest BCUT2D eigenvalue weighted by molar-refractivity contribution is 0.565. The van der Waals surface area contributed by atoms with Crippen LogP contribution in [0.2, 0.25) is 0 Å². The van der Waals surface area contributed by atoms with E-state index in [-0.39, 0.29) is 6.04 Å². The minimum absolute atomic E-state index is 0.212. The Hall–Kier alpha value is -1.85. The quantitative estimate of drug-likeness (QED) is 0.863. The van der Waals surface area contributed by atoms with Crippen LogP contribution in [-0.4, -0.2) is 21.0 Å². The van der Waals surface area contributed by atoms with E-state index in [0.717, 1.165) is 11.3 Å². The Morgan fingerprint density at radius 1 is 1.00 bits per heavy atom. The molecule has 4 nitrogen and oxygen atoms in total. The van der Waals surface area contributed by atoms with Gasteiger partial charge >= 0.3 is 0 Å². The van der Waals surface area contributed by atoms with Crippen LogP contribution in [0, 0.1) is 6.92 Å². The minimum Gasteiger partial charge on any atom is -0.383 e. The standard InChI is InChI=1S/C16H20N2O2S/c1-13-8-10-16(11-9-13)21(19,20)18-14(2)12-17-15-6-4-3-5-7-15/h3-11,14,17-18H,12H2,1-2H3. The van der Waals surface area contributed by atoms with E-state index in [1.165, 1.54) is 0 Å². The number of para-hydroxylation sites is 1. The lowest BCUT2D eigenvalue weighted by Crippen LogP contribution is -2.37. The van der Waals surface area contributed by atoms with Gasteiger partial charge in [-0.1, -0.05) is 35.9 Å². The molecule has 0 amide bonds. The van der Waals surface area contributed by atoms with Crippen LogP contribution < -0.4 is 10.0 Å². The van der Waals surface area contributed by atoms with Crippen molar-refractivity contribution in [1.82, 2.24) is 4.72 Å². The number of sulfonamides is 1. The van der Waals surface area contributed by atoms with Crippen molar-refractivity contribution in [2.45, 2.75) is 24.8 Å². The maximum absolute atomic E-state index is 12.2. The SMILES string of the molecule is Cc1ccc(S(=O)(=O)NC(C)CNc2ccccc2)cc1. The predicted molar refractivity (Wildman–Crippen MR) is 85.9 cm³/mol. The molecule has 2 N–H and O–H groups in total. The molecule has 112 valence electrons. The first-order valence-electron chi connectivity index (χ1n) is 6.85. The summed E-state index contributed by atoms with van der Waals surface area (Å²) in [7, 11) is -3.47. The normalized spacial score (nSPS) is 12.9. The molecule has 0 bridgehead atoms. The fourth-order valence-corrected chi connectivity index (χ4v) is 3.16. The highest BCUT2D eigenvalue weighted by molar-refractivity contribution is 7.89. The maximum Gasteiger partial charge on any atom is 0.240 e. The fourth-order valence-electron chi connectivity index (χ4n) is 1.92. The second-order valence-electron chi connectivity index (χ2n) is 5.08. The zero-order valence-electron chi connectivity index (χ0n) is 12.2. The largest absolute Gasteiger partial charge is 0.383 e. The van der Waals surface area contributed by atoms with Crippen molar-refractivity contribution in [3.63, 3.8) is 0 Å². The molecule has 21 heavy (non-hydrogen) atoms. The summed E-state index contributed by atoms with van der Waals surface area (Å²) in [4.78, 5) is 0.291. The Bertz CT molecular complexity index is 667. The highest BCUT2D eigenvalue weighted by Gasteiger charge is 2.16. The molecule has 1 atom stereocenters. The molecule has 2 aromatic rings. The van der Waals surface area contributed by atoms with Gasteiger partial charge in [-0.3, -0.25) is 0 Å². The highest BCUT2D eigenvalue weighted by atomic mass is 32.2. The third-order valence-corrected chi connectivity index (χ3v) is 4.68. The highest BCUT2D eigenvalue weighted by Crippen LogP contribution is 2.11. The molecule has 1 unspecified atom stereocenters. The summed E-state index contributed by atoms with van der Waals surface area (Å²) >= 11 is 0. The summed E-state index contributed by atoms with van der Waals surface area (Å²) in [5.74, 6) is 0. The van der Waals surface area contributed by atoms with Crippen LogP contribution in [0.1, 0.15) is 12.5 Å². The van der Waals surface area contributed by atoms with Gasteiger partial charge in [0.15, 0.2) is 0 Å². The van der Waals surface area contributed by atoms with Crippen molar-refractivity contribution in [3.05, 3.63) is 60.2 Å². The topological polar surface area (TPSA) is 58.2 Å². The van der Waals surface area contributed by atoms with E-state index < -0.39 is 10.0 Å². The Kier molecular flexibility index (Phi) is 4.98. The fraction of sp³-hybridized carbons (Fsp3) is 0.250. The molecule has 0 spiro atoms. The van der Waals surface area contributed by atoms with E-state index in [1.54, 1.807) is 24.3 Å². The molecule has 0 aliphatic rings. The van der Waals surface area contributed by atoms with Gasteiger partial charge in [-0.15, -0.1) is 0 Å². The van der Waals surface area contributed by atoms with Gasteiger partial charge in [-0.25, -0.2) is 13.1 Å². The summed E-state index contributed by atoms with van der Waals surface area (Å²) in [6.45, 7) is 4.28. The van der Waals surface area contributed by atoms with Gasteiger partial charge in [0.25, 0.3) is 0 Å². The summed E-state index contributed by atoms with van der Waals surface area (Å²) in [5, 5.41) is 3.20. The lowest BCUT2D eigenvalue weighted by Gasteiger charge is -2.16. The number of anilines is 1. The number of nitrogens with one attached hydrogen (secondary N) is 2. The van der Waals surface area contributed by atoms with Crippen molar-refractivity contribution in [1.29, 1.82) is 0 Å². The molecule has 2 rings (SSSR count). The molecule has 0 aromatic heterocycles. The van der Waals surface area contributed by atoms with Crippen LogP contribution in [-0.2, 0) is 10.0 Å². The molecule has 0 fully saturated rings. The molecule has 0 radical (unpaired) electrons. The van der Waals surface area contributed by atoms with E-state index >= 15 is 0 Å². The van der Waals surface area contributed by atoms with Gasteiger partial charge in [-0.2, -0.15) is 0 Å². The Morgan fingerprint density at radius 2 is 1.62 bits per heavy atom. The molecule has 2 aromatic carbocycles. The molecular weight excluding hydrogens is 284 g/mol. The molecule has 0 aliphatic carbocycles. The smallest absolute Gasteiger partial charge is 0.240 e. The lowest BCUT2D eigenvalue weighted by atomic mass is 10.2. The predicted octanol–water partition coefficient (Wildman–Crippen LogP) is 2.77. The Morgan fingerprint density at radius 3 is 2.24 bits per heavy atom. The van der Waals surface area contributed by atoms with Crippen LogP contribution >= 0.6 is 0 Å².